The van der Waals surface area contributed by atoms with Gasteiger partial charge in [0.15, 0.2) is 11.5 Å². The number of aliphatic hydroxyl groups is 1. The Hall–Kier alpha value is -3.56. The predicted octanol–water partition coefficient (Wildman–Crippen LogP) is 2.67. The molecule has 2 saturated heterocycles. The summed E-state index contributed by atoms with van der Waals surface area (Å²) in [4.78, 5) is 32.5. The summed E-state index contributed by atoms with van der Waals surface area (Å²) < 4.78 is 16.7. The number of hydrogen-bond acceptors (Lipinski definition) is 8. The third-order valence-electron chi connectivity index (χ3n) is 7.06. The van der Waals surface area contributed by atoms with Crippen molar-refractivity contribution in [3.05, 3.63) is 59.2 Å². The summed E-state index contributed by atoms with van der Waals surface area (Å²) in [5.74, 6) is -0.403. The first-order valence-corrected chi connectivity index (χ1v) is 12.7. The minimum absolute atomic E-state index is 0.0886. The van der Waals surface area contributed by atoms with E-state index in [-0.39, 0.29) is 11.3 Å². The van der Waals surface area contributed by atoms with E-state index in [4.69, 9.17) is 14.2 Å². The molecule has 1 N–H and O–H groups in total. The molecular formula is C28H33N3O6. The minimum atomic E-state index is -0.686. The Morgan fingerprint density at radius 3 is 2.35 bits per heavy atom. The van der Waals surface area contributed by atoms with Crippen LogP contribution >= 0.6 is 0 Å². The molecule has 3 aliphatic heterocycles. The third kappa shape index (κ3) is 5.14. The molecule has 2 fully saturated rings. The number of rotatable bonds is 7. The normalized spacial score (nSPS) is 21.4. The zero-order valence-corrected chi connectivity index (χ0v) is 21.3. The smallest absolute Gasteiger partial charge is 0.295 e. The van der Waals surface area contributed by atoms with Crippen LogP contribution in [0.4, 0.5) is 5.69 Å². The van der Waals surface area contributed by atoms with Gasteiger partial charge in [-0.1, -0.05) is 12.1 Å². The van der Waals surface area contributed by atoms with E-state index in [0.717, 1.165) is 30.9 Å². The Kier molecular flexibility index (Phi) is 7.34. The predicted molar refractivity (Wildman–Crippen MR) is 139 cm³/mol. The van der Waals surface area contributed by atoms with Gasteiger partial charge in [-0.3, -0.25) is 14.5 Å². The van der Waals surface area contributed by atoms with Crippen LogP contribution in [0.3, 0.4) is 0 Å². The van der Waals surface area contributed by atoms with E-state index in [0.29, 0.717) is 56.5 Å². The first kappa shape index (κ1) is 25.1. The van der Waals surface area contributed by atoms with E-state index in [2.05, 4.69) is 4.90 Å². The van der Waals surface area contributed by atoms with Gasteiger partial charge < -0.3 is 29.1 Å². The summed E-state index contributed by atoms with van der Waals surface area (Å²) in [6.45, 7) is 5.20. The van der Waals surface area contributed by atoms with Crippen LogP contribution in [0.1, 0.15) is 23.6 Å². The van der Waals surface area contributed by atoms with Gasteiger partial charge in [0.05, 0.1) is 24.8 Å². The quantitative estimate of drug-likeness (QED) is 0.348. The van der Waals surface area contributed by atoms with Crippen molar-refractivity contribution < 1.29 is 28.9 Å². The molecule has 1 atom stereocenters. The third-order valence-corrected chi connectivity index (χ3v) is 7.06. The van der Waals surface area contributed by atoms with Gasteiger partial charge in [0.2, 0.25) is 0 Å². The van der Waals surface area contributed by atoms with Crippen LogP contribution in [-0.2, 0) is 14.3 Å². The lowest BCUT2D eigenvalue weighted by Crippen LogP contribution is -2.38. The molecule has 0 aromatic heterocycles. The van der Waals surface area contributed by atoms with E-state index in [9.17, 15) is 14.7 Å². The number of ether oxygens (including phenoxy) is 3. The van der Waals surface area contributed by atoms with Gasteiger partial charge >= 0.3 is 0 Å². The Morgan fingerprint density at radius 2 is 1.65 bits per heavy atom. The second kappa shape index (κ2) is 10.8. The fourth-order valence-electron chi connectivity index (χ4n) is 5.05. The fraction of sp³-hybridized carbons (Fsp3) is 0.429. The molecule has 0 saturated carbocycles. The molecule has 0 radical (unpaired) electrons. The molecule has 2 aromatic carbocycles. The molecule has 9 nitrogen and oxygen atoms in total. The molecule has 0 aliphatic carbocycles. The van der Waals surface area contributed by atoms with Crippen molar-refractivity contribution in [2.75, 3.05) is 71.6 Å². The highest BCUT2D eigenvalue weighted by Crippen LogP contribution is 2.41. The zero-order valence-electron chi connectivity index (χ0n) is 21.3. The maximum atomic E-state index is 13.3. The maximum absolute atomic E-state index is 13.3. The molecule has 0 unspecified atom stereocenters. The van der Waals surface area contributed by atoms with E-state index < -0.39 is 17.7 Å². The molecule has 3 aliphatic rings. The van der Waals surface area contributed by atoms with Crippen molar-refractivity contribution in [2.24, 2.45) is 0 Å². The SMILES string of the molecule is CN(C)c1ccc([C@H]2/C(=C(\O)c3ccc4c(c3)OCCO4)C(=O)C(=O)N2CCCN2CCOCC2)cc1. The molecule has 1 amide bonds. The van der Waals surface area contributed by atoms with Crippen LogP contribution in [0.15, 0.2) is 48.0 Å². The molecule has 3 heterocycles. The van der Waals surface area contributed by atoms with Gasteiger partial charge in [0.25, 0.3) is 11.7 Å². The van der Waals surface area contributed by atoms with Gasteiger partial charge in [-0.2, -0.15) is 0 Å². The van der Waals surface area contributed by atoms with Gasteiger partial charge in [-0.15, -0.1) is 0 Å². The van der Waals surface area contributed by atoms with Gasteiger partial charge in [-0.05, 0) is 42.3 Å². The summed E-state index contributed by atoms with van der Waals surface area (Å²) in [5.41, 5.74) is 2.27. The number of benzene rings is 2. The lowest BCUT2D eigenvalue weighted by atomic mass is 9.95. The van der Waals surface area contributed by atoms with Crippen molar-refractivity contribution in [1.82, 2.24) is 9.80 Å². The summed E-state index contributed by atoms with van der Waals surface area (Å²) in [6, 6.07) is 12.1. The lowest BCUT2D eigenvalue weighted by molar-refractivity contribution is -0.140. The molecule has 37 heavy (non-hydrogen) atoms. The molecule has 9 heteroatoms. The second-order valence-corrected chi connectivity index (χ2v) is 9.64. The van der Waals surface area contributed by atoms with Crippen molar-refractivity contribution in [2.45, 2.75) is 12.5 Å². The van der Waals surface area contributed by atoms with E-state index in [1.54, 1.807) is 23.1 Å². The van der Waals surface area contributed by atoms with Crippen molar-refractivity contribution in [1.29, 1.82) is 0 Å². The van der Waals surface area contributed by atoms with Crippen LogP contribution in [0.2, 0.25) is 0 Å². The number of Topliss-reactive ketones (excluding diaryl/α,β-unsaturated/α-hetero) is 1. The molecular weight excluding hydrogens is 474 g/mol. The number of aliphatic hydroxyl groups excluding tert-OH is 1. The molecule has 2 aromatic rings. The number of likely N-dealkylation sites (tertiary alicyclic amines) is 1. The fourth-order valence-corrected chi connectivity index (χ4v) is 5.05. The minimum Gasteiger partial charge on any atom is -0.507 e. The van der Waals surface area contributed by atoms with Crippen LogP contribution in [0.5, 0.6) is 11.5 Å². The summed E-state index contributed by atoms with van der Waals surface area (Å²) in [5, 5.41) is 11.4. The van der Waals surface area contributed by atoms with Crippen molar-refractivity contribution in [3.8, 4) is 11.5 Å². The number of morpholine rings is 1. The average Bonchev–Trinajstić information content (AvgIpc) is 3.18. The lowest BCUT2D eigenvalue weighted by Gasteiger charge is -2.29. The molecule has 196 valence electrons. The van der Waals surface area contributed by atoms with Crippen LogP contribution in [0, 0.1) is 0 Å². The second-order valence-electron chi connectivity index (χ2n) is 9.64. The molecule has 0 spiro atoms. The number of anilines is 1. The Morgan fingerprint density at radius 1 is 0.946 bits per heavy atom. The summed E-state index contributed by atoms with van der Waals surface area (Å²) >= 11 is 0. The van der Waals surface area contributed by atoms with Gasteiger partial charge in [0.1, 0.15) is 19.0 Å². The average molecular weight is 508 g/mol. The maximum Gasteiger partial charge on any atom is 0.295 e. The van der Waals surface area contributed by atoms with E-state index >= 15 is 0 Å². The van der Waals surface area contributed by atoms with Crippen LogP contribution < -0.4 is 14.4 Å². The number of carbonyl (C=O) groups is 2. The monoisotopic (exact) mass is 507 g/mol. The van der Waals surface area contributed by atoms with Crippen molar-refractivity contribution in [3.63, 3.8) is 0 Å². The van der Waals surface area contributed by atoms with Gasteiger partial charge in [0, 0.05) is 51.5 Å². The first-order chi connectivity index (χ1) is 17.9. The van der Waals surface area contributed by atoms with Crippen LogP contribution in [-0.4, -0.2) is 93.3 Å². The standard InChI is InChI=1S/C28H33N3O6/c1-29(2)21-7-4-19(5-8-21)25-24(26(32)20-6-9-22-23(18-20)37-17-16-36-22)27(33)28(34)31(25)11-3-10-30-12-14-35-15-13-30/h4-9,18,25,32H,3,10-17H2,1-2H3/b26-24+/t25-/m0/s1. The summed E-state index contributed by atoms with van der Waals surface area (Å²) in [7, 11) is 3.91. The molecule has 0 bridgehead atoms. The number of nitrogens with zero attached hydrogens (tertiary/aromatic N) is 3. The largest absolute Gasteiger partial charge is 0.507 e. The van der Waals surface area contributed by atoms with E-state index in [1.807, 2.05) is 43.3 Å². The van der Waals surface area contributed by atoms with Gasteiger partial charge in [-0.25, -0.2) is 0 Å². The highest BCUT2D eigenvalue weighted by molar-refractivity contribution is 6.46. The number of ketones is 1. The Labute approximate surface area is 216 Å². The molecule has 5 rings (SSSR count). The highest BCUT2D eigenvalue weighted by atomic mass is 16.6. The number of carbonyl (C=O) groups excluding carboxylic acids is 2. The number of fused-ring (bicyclic) bond motifs is 1. The van der Waals surface area contributed by atoms with Crippen LogP contribution in [0.25, 0.3) is 5.76 Å². The summed E-state index contributed by atoms with van der Waals surface area (Å²) in [6.07, 6.45) is 0.712. The number of hydrogen-bond donors (Lipinski definition) is 1. The Bertz CT molecular complexity index is 1190. The Balaban J connectivity index is 1.49. The number of amides is 1. The van der Waals surface area contributed by atoms with E-state index in [1.165, 1.54) is 0 Å². The zero-order chi connectivity index (χ0) is 25.9. The topological polar surface area (TPSA) is 91.8 Å². The highest BCUT2D eigenvalue weighted by Gasteiger charge is 2.46. The van der Waals surface area contributed by atoms with Crippen molar-refractivity contribution >= 4 is 23.1 Å². The first-order valence-electron chi connectivity index (χ1n) is 12.7.